The summed E-state index contributed by atoms with van der Waals surface area (Å²) in [5, 5.41) is 9.65. The predicted molar refractivity (Wildman–Crippen MR) is 115 cm³/mol. The second-order valence-corrected chi connectivity index (χ2v) is 8.79. The van der Waals surface area contributed by atoms with E-state index in [4.69, 9.17) is 23.2 Å². The van der Waals surface area contributed by atoms with Gasteiger partial charge in [0, 0.05) is 5.02 Å². The van der Waals surface area contributed by atoms with Gasteiger partial charge in [-0.05, 0) is 54.3 Å². The van der Waals surface area contributed by atoms with Gasteiger partial charge in [-0.25, -0.2) is 13.2 Å². The molecular weight excluding hydrogens is 433 g/mol. The average molecular weight is 450 g/mol. The van der Waals surface area contributed by atoms with Crippen LogP contribution in [0.2, 0.25) is 10.0 Å². The molecule has 150 valence electrons. The molecule has 8 heteroatoms. The summed E-state index contributed by atoms with van der Waals surface area (Å²) in [6.45, 7) is 0. The predicted octanol–water partition coefficient (Wildman–Crippen LogP) is 5.28. The molecule has 0 aromatic heterocycles. The molecule has 0 heterocycles. The molecule has 0 aliphatic heterocycles. The number of halogens is 2. The van der Waals surface area contributed by atoms with E-state index in [1.54, 1.807) is 48.5 Å². The van der Waals surface area contributed by atoms with Gasteiger partial charge in [0.2, 0.25) is 0 Å². The SMILES string of the molecule is O=C(O)c1ccccc1CCc1ccccc1NS(=O)(=O)c1cc(Cl)ccc1Cl. The monoisotopic (exact) mass is 449 g/mol. The van der Waals surface area contributed by atoms with Crippen LogP contribution in [0.3, 0.4) is 0 Å². The van der Waals surface area contributed by atoms with Gasteiger partial charge in [-0.15, -0.1) is 0 Å². The summed E-state index contributed by atoms with van der Waals surface area (Å²) in [5.41, 5.74) is 2.04. The van der Waals surface area contributed by atoms with Crippen LogP contribution in [0.15, 0.2) is 71.6 Å². The largest absolute Gasteiger partial charge is 0.478 e. The van der Waals surface area contributed by atoms with Gasteiger partial charge in [-0.3, -0.25) is 4.72 Å². The molecule has 2 N–H and O–H groups in total. The lowest BCUT2D eigenvalue weighted by Crippen LogP contribution is -2.15. The van der Waals surface area contributed by atoms with Crippen molar-refractivity contribution in [3.8, 4) is 0 Å². The van der Waals surface area contributed by atoms with Crippen LogP contribution in [0, 0.1) is 0 Å². The second kappa shape index (κ2) is 8.86. The van der Waals surface area contributed by atoms with Crippen molar-refractivity contribution in [3.63, 3.8) is 0 Å². The summed E-state index contributed by atoms with van der Waals surface area (Å²) in [6.07, 6.45) is 0.894. The first-order chi connectivity index (χ1) is 13.8. The lowest BCUT2D eigenvalue weighted by Gasteiger charge is -2.14. The molecule has 3 aromatic carbocycles. The first-order valence-corrected chi connectivity index (χ1v) is 10.9. The summed E-state index contributed by atoms with van der Waals surface area (Å²) < 4.78 is 28.2. The van der Waals surface area contributed by atoms with Crippen LogP contribution in [-0.4, -0.2) is 19.5 Å². The molecule has 0 spiro atoms. The van der Waals surface area contributed by atoms with Crippen molar-refractivity contribution >= 4 is 44.9 Å². The third-order valence-corrected chi connectivity index (χ3v) is 6.44. The maximum atomic E-state index is 12.8. The molecule has 0 aliphatic carbocycles. The van der Waals surface area contributed by atoms with E-state index in [1.807, 2.05) is 0 Å². The minimum atomic E-state index is -3.95. The van der Waals surface area contributed by atoms with Crippen LogP contribution in [0.4, 0.5) is 5.69 Å². The third kappa shape index (κ3) is 5.09. The fourth-order valence-electron chi connectivity index (χ4n) is 2.94. The first-order valence-electron chi connectivity index (χ1n) is 8.65. The topological polar surface area (TPSA) is 83.5 Å². The normalized spacial score (nSPS) is 11.2. The number of benzene rings is 3. The summed E-state index contributed by atoms with van der Waals surface area (Å²) in [5.74, 6) is -0.995. The number of carboxylic acid groups (broad SMARTS) is 1. The summed E-state index contributed by atoms with van der Waals surface area (Å²) in [7, 11) is -3.95. The average Bonchev–Trinajstić information content (AvgIpc) is 2.69. The molecule has 0 saturated heterocycles. The molecule has 0 fully saturated rings. The number of carbonyl (C=O) groups is 1. The number of sulfonamides is 1. The molecule has 0 bridgehead atoms. The van der Waals surface area contributed by atoms with Crippen LogP contribution in [0.1, 0.15) is 21.5 Å². The van der Waals surface area contributed by atoms with Crippen LogP contribution in [0.5, 0.6) is 0 Å². The second-order valence-electron chi connectivity index (χ2n) is 6.30. The Morgan fingerprint density at radius 3 is 2.24 bits per heavy atom. The van der Waals surface area contributed by atoms with Crippen molar-refractivity contribution in [2.45, 2.75) is 17.7 Å². The standard InChI is InChI=1S/C21H17Cl2NO4S/c22-16-11-12-18(23)20(13-16)29(27,28)24-19-8-4-2-6-15(19)10-9-14-5-1-3-7-17(14)21(25)26/h1-8,11-13,24H,9-10H2,(H,25,26). The quantitative estimate of drug-likeness (QED) is 0.513. The van der Waals surface area contributed by atoms with Gasteiger partial charge in [0.25, 0.3) is 10.0 Å². The summed E-state index contributed by atoms with van der Waals surface area (Å²) in [6, 6.07) is 17.9. The van der Waals surface area contributed by atoms with E-state index >= 15 is 0 Å². The van der Waals surface area contributed by atoms with Gasteiger partial charge in [0.15, 0.2) is 0 Å². The minimum absolute atomic E-state index is 0.0646. The van der Waals surface area contributed by atoms with E-state index < -0.39 is 16.0 Å². The van der Waals surface area contributed by atoms with E-state index in [0.29, 0.717) is 24.1 Å². The number of hydrogen-bond donors (Lipinski definition) is 2. The van der Waals surface area contributed by atoms with Crippen LogP contribution in [0.25, 0.3) is 0 Å². The van der Waals surface area contributed by atoms with Crippen molar-refractivity contribution in [1.29, 1.82) is 0 Å². The van der Waals surface area contributed by atoms with Gasteiger partial charge in [0.1, 0.15) is 4.90 Å². The Bertz CT molecular complexity index is 1160. The Morgan fingerprint density at radius 1 is 0.897 bits per heavy atom. The molecule has 5 nitrogen and oxygen atoms in total. The van der Waals surface area contributed by atoms with E-state index in [0.717, 1.165) is 5.56 Å². The molecule has 3 aromatic rings. The molecule has 29 heavy (non-hydrogen) atoms. The van der Waals surface area contributed by atoms with Crippen molar-refractivity contribution in [1.82, 2.24) is 0 Å². The Morgan fingerprint density at radius 2 is 1.52 bits per heavy atom. The molecular formula is C21H17Cl2NO4S. The van der Waals surface area contributed by atoms with Crippen molar-refractivity contribution < 1.29 is 18.3 Å². The molecule has 0 radical (unpaired) electrons. The molecule has 0 saturated carbocycles. The van der Waals surface area contributed by atoms with E-state index in [-0.39, 0.29) is 20.5 Å². The summed E-state index contributed by atoms with van der Waals surface area (Å²) >= 11 is 12.0. The molecule has 0 atom stereocenters. The van der Waals surface area contributed by atoms with Gasteiger partial charge in [0.05, 0.1) is 16.3 Å². The number of para-hydroxylation sites is 1. The lowest BCUT2D eigenvalue weighted by molar-refractivity contribution is 0.0695. The van der Waals surface area contributed by atoms with Crippen molar-refractivity contribution in [3.05, 3.63) is 93.5 Å². The van der Waals surface area contributed by atoms with E-state index in [9.17, 15) is 18.3 Å². The highest BCUT2D eigenvalue weighted by Gasteiger charge is 2.20. The number of aromatic carboxylic acids is 1. The Kier molecular flexibility index (Phi) is 6.47. The van der Waals surface area contributed by atoms with Crippen LogP contribution < -0.4 is 4.72 Å². The van der Waals surface area contributed by atoms with Gasteiger partial charge in [-0.2, -0.15) is 0 Å². The first kappa shape index (κ1) is 21.2. The highest BCUT2D eigenvalue weighted by atomic mass is 35.5. The van der Waals surface area contributed by atoms with Gasteiger partial charge in [-0.1, -0.05) is 59.6 Å². The molecule has 0 aliphatic rings. The maximum absolute atomic E-state index is 12.8. The lowest BCUT2D eigenvalue weighted by atomic mass is 9.99. The molecule has 0 unspecified atom stereocenters. The van der Waals surface area contributed by atoms with Crippen LogP contribution in [-0.2, 0) is 22.9 Å². The Labute approximate surface area is 179 Å². The summed E-state index contributed by atoms with van der Waals surface area (Å²) in [4.78, 5) is 11.3. The smallest absolute Gasteiger partial charge is 0.335 e. The highest BCUT2D eigenvalue weighted by molar-refractivity contribution is 7.92. The number of aryl methyl sites for hydroxylation is 2. The zero-order valence-electron chi connectivity index (χ0n) is 15.1. The van der Waals surface area contributed by atoms with Crippen LogP contribution >= 0.6 is 23.2 Å². The van der Waals surface area contributed by atoms with E-state index in [2.05, 4.69) is 4.72 Å². The zero-order chi connectivity index (χ0) is 21.0. The fraction of sp³-hybridized carbons (Fsp3) is 0.0952. The third-order valence-electron chi connectivity index (χ3n) is 4.36. The Balaban J connectivity index is 1.86. The van der Waals surface area contributed by atoms with Gasteiger partial charge < -0.3 is 5.11 Å². The number of nitrogens with one attached hydrogen (secondary N) is 1. The Hall–Kier alpha value is -2.54. The number of rotatable bonds is 7. The molecule has 3 rings (SSSR count). The minimum Gasteiger partial charge on any atom is -0.478 e. The molecule has 0 amide bonds. The van der Waals surface area contributed by atoms with Crippen molar-refractivity contribution in [2.75, 3.05) is 4.72 Å². The van der Waals surface area contributed by atoms with Crippen molar-refractivity contribution in [2.24, 2.45) is 0 Å². The number of hydrogen-bond acceptors (Lipinski definition) is 3. The highest BCUT2D eigenvalue weighted by Crippen LogP contribution is 2.28. The fourth-order valence-corrected chi connectivity index (χ4v) is 4.80. The van der Waals surface area contributed by atoms with E-state index in [1.165, 1.54) is 18.2 Å². The van der Waals surface area contributed by atoms with Gasteiger partial charge >= 0.3 is 5.97 Å². The zero-order valence-corrected chi connectivity index (χ0v) is 17.4. The maximum Gasteiger partial charge on any atom is 0.335 e. The number of carboxylic acids is 1. The number of anilines is 1.